The molecular weight excluding hydrogens is 330 g/mol. The van der Waals surface area contributed by atoms with Crippen molar-refractivity contribution in [2.24, 2.45) is 17.6 Å². The van der Waals surface area contributed by atoms with Crippen LogP contribution in [0.2, 0.25) is 0 Å². The van der Waals surface area contributed by atoms with E-state index in [0.717, 1.165) is 30.6 Å². The number of hydrogen-bond acceptors (Lipinski definition) is 5. The van der Waals surface area contributed by atoms with Crippen LogP contribution in [0.3, 0.4) is 0 Å². The zero-order valence-corrected chi connectivity index (χ0v) is 15.0. The lowest BCUT2D eigenvalue weighted by Crippen LogP contribution is -2.34. The van der Waals surface area contributed by atoms with Gasteiger partial charge in [0.05, 0.1) is 7.11 Å². The van der Waals surface area contributed by atoms with Gasteiger partial charge in [0.25, 0.3) is 0 Å². The van der Waals surface area contributed by atoms with Crippen LogP contribution in [0.1, 0.15) is 24.8 Å². The quantitative estimate of drug-likeness (QED) is 0.797. The molecular formula is C20H25N3O3. The standard InChI is InChI=1S/C20H25N3O3/c1-25-16-5-3-6-17(10-16)26-19-9-8-14(12-22-19)13-23-20(24)18-7-2-4-15(18)11-21/h3,5-6,8-10,12,15,18H,2,4,7,11,13,21H2,1H3,(H,23,24)/t15-,18-/m1/s1. The van der Waals surface area contributed by atoms with Crippen LogP contribution in [0, 0.1) is 11.8 Å². The van der Waals surface area contributed by atoms with Crippen molar-refractivity contribution in [1.29, 1.82) is 0 Å². The molecule has 3 N–H and O–H groups in total. The molecule has 1 saturated carbocycles. The molecule has 0 unspecified atom stereocenters. The number of methoxy groups -OCH3 is 1. The number of ether oxygens (including phenoxy) is 2. The van der Waals surface area contributed by atoms with E-state index in [2.05, 4.69) is 10.3 Å². The Morgan fingerprint density at radius 1 is 1.27 bits per heavy atom. The van der Waals surface area contributed by atoms with Crippen molar-refractivity contribution in [2.45, 2.75) is 25.8 Å². The molecule has 0 spiro atoms. The predicted octanol–water partition coefficient (Wildman–Crippen LogP) is 2.87. The Bertz CT molecular complexity index is 733. The molecule has 0 saturated heterocycles. The summed E-state index contributed by atoms with van der Waals surface area (Å²) >= 11 is 0. The third kappa shape index (κ3) is 4.52. The van der Waals surface area contributed by atoms with Gasteiger partial charge in [-0.05, 0) is 43.0 Å². The van der Waals surface area contributed by atoms with E-state index in [0.29, 0.717) is 30.6 Å². The number of nitrogens with two attached hydrogens (primary N) is 1. The van der Waals surface area contributed by atoms with Gasteiger partial charge < -0.3 is 20.5 Å². The first-order valence-corrected chi connectivity index (χ1v) is 8.94. The summed E-state index contributed by atoms with van der Waals surface area (Å²) in [6.07, 6.45) is 4.77. The van der Waals surface area contributed by atoms with E-state index in [4.69, 9.17) is 15.2 Å². The molecule has 1 aromatic heterocycles. The van der Waals surface area contributed by atoms with Crippen molar-refractivity contribution in [3.8, 4) is 17.4 Å². The molecule has 2 aromatic rings. The van der Waals surface area contributed by atoms with Gasteiger partial charge in [-0.3, -0.25) is 4.79 Å². The topological polar surface area (TPSA) is 86.5 Å². The summed E-state index contributed by atoms with van der Waals surface area (Å²) in [5.41, 5.74) is 6.68. The van der Waals surface area contributed by atoms with Gasteiger partial charge in [0.1, 0.15) is 11.5 Å². The van der Waals surface area contributed by atoms with Crippen molar-refractivity contribution in [3.63, 3.8) is 0 Å². The molecule has 6 heteroatoms. The highest BCUT2D eigenvalue weighted by atomic mass is 16.5. The molecule has 6 nitrogen and oxygen atoms in total. The lowest BCUT2D eigenvalue weighted by Gasteiger charge is -2.17. The zero-order chi connectivity index (χ0) is 18.4. The van der Waals surface area contributed by atoms with Crippen molar-refractivity contribution in [2.75, 3.05) is 13.7 Å². The molecule has 1 aliphatic rings. The number of hydrogen-bond donors (Lipinski definition) is 2. The average Bonchev–Trinajstić information content (AvgIpc) is 3.16. The third-order valence-electron chi connectivity index (χ3n) is 4.83. The average molecular weight is 355 g/mol. The van der Waals surface area contributed by atoms with Crippen molar-refractivity contribution in [3.05, 3.63) is 48.2 Å². The fourth-order valence-corrected chi connectivity index (χ4v) is 3.35. The molecule has 1 heterocycles. The molecule has 26 heavy (non-hydrogen) atoms. The fraction of sp³-hybridized carbons (Fsp3) is 0.400. The van der Waals surface area contributed by atoms with Gasteiger partial charge in [0.2, 0.25) is 11.8 Å². The second-order valence-corrected chi connectivity index (χ2v) is 6.54. The van der Waals surface area contributed by atoms with Gasteiger partial charge in [0, 0.05) is 30.8 Å². The van der Waals surface area contributed by atoms with Gasteiger partial charge in [-0.25, -0.2) is 4.98 Å². The summed E-state index contributed by atoms with van der Waals surface area (Å²) in [7, 11) is 1.61. The summed E-state index contributed by atoms with van der Waals surface area (Å²) < 4.78 is 10.9. The van der Waals surface area contributed by atoms with Crippen LogP contribution in [0.25, 0.3) is 0 Å². The van der Waals surface area contributed by atoms with Crippen molar-refractivity contribution >= 4 is 5.91 Å². The largest absolute Gasteiger partial charge is 0.497 e. The van der Waals surface area contributed by atoms with Crippen LogP contribution >= 0.6 is 0 Å². The van der Waals surface area contributed by atoms with Gasteiger partial charge in [-0.2, -0.15) is 0 Å². The minimum absolute atomic E-state index is 0.0450. The maximum Gasteiger partial charge on any atom is 0.223 e. The maximum absolute atomic E-state index is 12.3. The van der Waals surface area contributed by atoms with Crippen LogP contribution in [-0.4, -0.2) is 24.5 Å². The Kier molecular flexibility index (Phi) is 6.07. The second-order valence-electron chi connectivity index (χ2n) is 6.54. The van der Waals surface area contributed by atoms with E-state index in [1.807, 2.05) is 24.3 Å². The molecule has 2 atom stereocenters. The molecule has 0 radical (unpaired) electrons. The molecule has 0 aliphatic heterocycles. The summed E-state index contributed by atoms with van der Waals surface area (Å²) in [6.45, 7) is 1.04. The van der Waals surface area contributed by atoms with Gasteiger partial charge >= 0.3 is 0 Å². The zero-order valence-electron chi connectivity index (χ0n) is 15.0. The summed E-state index contributed by atoms with van der Waals surface area (Å²) in [5.74, 6) is 2.33. The highest BCUT2D eigenvalue weighted by molar-refractivity contribution is 5.79. The van der Waals surface area contributed by atoms with Crippen molar-refractivity contribution < 1.29 is 14.3 Å². The monoisotopic (exact) mass is 355 g/mol. The molecule has 1 fully saturated rings. The number of pyridine rings is 1. The Morgan fingerprint density at radius 2 is 2.12 bits per heavy atom. The Balaban J connectivity index is 1.53. The first kappa shape index (κ1) is 18.2. The van der Waals surface area contributed by atoms with E-state index < -0.39 is 0 Å². The number of benzene rings is 1. The minimum atomic E-state index is 0.0450. The molecule has 1 aliphatic carbocycles. The molecule has 1 amide bonds. The Morgan fingerprint density at radius 3 is 2.85 bits per heavy atom. The number of rotatable bonds is 7. The fourth-order valence-electron chi connectivity index (χ4n) is 3.35. The Labute approximate surface area is 153 Å². The van der Waals surface area contributed by atoms with Crippen LogP contribution in [-0.2, 0) is 11.3 Å². The van der Waals surface area contributed by atoms with E-state index in [-0.39, 0.29) is 11.8 Å². The lowest BCUT2D eigenvalue weighted by atomic mass is 9.95. The number of carbonyl (C=O) groups is 1. The van der Waals surface area contributed by atoms with Crippen LogP contribution in [0.15, 0.2) is 42.6 Å². The maximum atomic E-state index is 12.3. The third-order valence-corrected chi connectivity index (χ3v) is 4.83. The normalized spacial score (nSPS) is 19.2. The summed E-state index contributed by atoms with van der Waals surface area (Å²) in [5, 5.41) is 3.00. The van der Waals surface area contributed by atoms with Gasteiger partial charge in [-0.1, -0.05) is 18.6 Å². The summed E-state index contributed by atoms with van der Waals surface area (Å²) in [6, 6.07) is 11.0. The minimum Gasteiger partial charge on any atom is -0.497 e. The van der Waals surface area contributed by atoms with Crippen molar-refractivity contribution in [1.82, 2.24) is 10.3 Å². The number of nitrogens with zero attached hydrogens (tertiary/aromatic N) is 1. The molecule has 0 bridgehead atoms. The van der Waals surface area contributed by atoms with E-state index in [9.17, 15) is 4.79 Å². The van der Waals surface area contributed by atoms with Gasteiger partial charge in [-0.15, -0.1) is 0 Å². The predicted molar refractivity (Wildman–Crippen MR) is 99.0 cm³/mol. The second kappa shape index (κ2) is 8.67. The molecule has 1 aromatic carbocycles. The van der Waals surface area contributed by atoms with Crippen LogP contribution in [0.4, 0.5) is 0 Å². The number of nitrogens with one attached hydrogen (secondary N) is 1. The van der Waals surface area contributed by atoms with Gasteiger partial charge in [0.15, 0.2) is 0 Å². The highest BCUT2D eigenvalue weighted by Gasteiger charge is 2.31. The van der Waals surface area contributed by atoms with Crippen LogP contribution < -0.4 is 20.5 Å². The highest BCUT2D eigenvalue weighted by Crippen LogP contribution is 2.31. The van der Waals surface area contributed by atoms with E-state index in [1.54, 1.807) is 25.4 Å². The number of aromatic nitrogens is 1. The lowest BCUT2D eigenvalue weighted by molar-refractivity contribution is -0.126. The first-order valence-electron chi connectivity index (χ1n) is 8.94. The number of carbonyl (C=O) groups excluding carboxylic acids is 1. The Hall–Kier alpha value is -2.60. The van der Waals surface area contributed by atoms with Crippen LogP contribution in [0.5, 0.6) is 17.4 Å². The summed E-state index contributed by atoms with van der Waals surface area (Å²) in [4.78, 5) is 16.6. The smallest absolute Gasteiger partial charge is 0.223 e. The number of amides is 1. The van der Waals surface area contributed by atoms with E-state index in [1.165, 1.54) is 0 Å². The van der Waals surface area contributed by atoms with E-state index >= 15 is 0 Å². The SMILES string of the molecule is COc1cccc(Oc2ccc(CNC(=O)[C@@H]3CCC[C@@H]3CN)cn2)c1. The first-order chi connectivity index (χ1) is 12.7. The molecule has 138 valence electrons. The molecule has 3 rings (SSSR count).